The lowest BCUT2D eigenvalue weighted by Crippen LogP contribution is -2.27. The molecular formula is C14H17Cl2NO. The molecule has 0 bridgehead atoms. The molecule has 0 aromatic heterocycles. The van der Waals surface area contributed by atoms with Crippen LogP contribution in [0.3, 0.4) is 0 Å². The molecule has 1 fully saturated rings. The standard InChI is InChI=1S/C14H17Cl2NO/c1-9(18)12(8-17-7-10-2-3-10)11-4-5-13(15)14(16)6-11/h4-6,10,12,17H,2-3,7-8H2,1H3. The van der Waals surface area contributed by atoms with Gasteiger partial charge in [0.25, 0.3) is 0 Å². The van der Waals surface area contributed by atoms with E-state index in [2.05, 4.69) is 5.32 Å². The third-order valence-electron chi connectivity index (χ3n) is 3.32. The van der Waals surface area contributed by atoms with E-state index in [0.29, 0.717) is 16.6 Å². The quantitative estimate of drug-likeness (QED) is 0.864. The van der Waals surface area contributed by atoms with Crippen molar-refractivity contribution in [3.05, 3.63) is 33.8 Å². The molecule has 1 aromatic carbocycles. The number of carbonyl (C=O) groups is 1. The molecule has 1 N–H and O–H groups in total. The molecule has 0 amide bonds. The number of benzene rings is 1. The molecule has 1 aliphatic rings. The van der Waals surface area contributed by atoms with E-state index in [9.17, 15) is 4.79 Å². The van der Waals surface area contributed by atoms with Crippen LogP contribution in [0.15, 0.2) is 18.2 Å². The summed E-state index contributed by atoms with van der Waals surface area (Å²) in [5, 5.41) is 4.39. The minimum Gasteiger partial charge on any atom is -0.315 e. The van der Waals surface area contributed by atoms with Crippen LogP contribution in [0.2, 0.25) is 10.0 Å². The lowest BCUT2D eigenvalue weighted by atomic mass is 9.95. The maximum Gasteiger partial charge on any atom is 0.138 e. The van der Waals surface area contributed by atoms with Crippen LogP contribution in [0.1, 0.15) is 31.2 Å². The van der Waals surface area contributed by atoms with Gasteiger partial charge in [0.1, 0.15) is 5.78 Å². The molecule has 1 aliphatic carbocycles. The summed E-state index contributed by atoms with van der Waals surface area (Å²) in [5.74, 6) is 0.821. The maximum absolute atomic E-state index is 11.7. The molecule has 2 nitrogen and oxygen atoms in total. The molecule has 4 heteroatoms. The summed E-state index contributed by atoms with van der Waals surface area (Å²) in [6, 6.07) is 5.41. The third-order valence-corrected chi connectivity index (χ3v) is 4.05. The molecule has 2 rings (SSSR count). The van der Waals surface area contributed by atoms with Crippen LogP contribution in [0.4, 0.5) is 0 Å². The zero-order chi connectivity index (χ0) is 13.1. The first-order valence-corrected chi connectivity index (χ1v) is 6.99. The number of nitrogens with one attached hydrogen (secondary N) is 1. The molecular weight excluding hydrogens is 269 g/mol. The maximum atomic E-state index is 11.7. The minimum atomic E-state index is -0.140. The van der Waals surface area contributed by atoms with E-state index in [1.807, 2.05) is 6.07 Å². The normalized spacial score (nSPS) is 16.6. The molecule has 0 aliphatic heterocycles. The van der Waals surface area contributed by atoms with E-state index in [-0.39, 0.29) is 11.7 Å². The Bertz CT molecular complexity index is 443. The fourth-order valence-electron chi connectivity index (χ4n) is 1.98. The van der Waals surface area contributed by atoms with Gasteiger partial charge >= 0.3 is 0 Å². The summed E-state index contributed by atoms with van der Waals surface area (Å²) in [5.41, 5.74) is 0.931. The molecule has 0 heterocycles. The summed E-state index contributed by atoms with van der Waals surface area (Å²) in [6.45, 7) is 3.29. The van der Waals surface area contributed by atoms with Crippen molar-refractivity contribution in [2.75, 3.05) is 13.1 Å². The van der Waals surface area contributed by atoms with Crippen molar-refractivity contribution in [2.45, 2.75) is 25.7 Å². The minimum absolute atomic E-state index is 0.140. The van der Waals surface area contributed by atoms with E-state index >= 15 is 0 Å². The Balaban J connectivity index is 2.02. The molecule has 98 valence electrons. The van der Waals surface area contributed by atoms with Crippen LogP contribution in [-0.4, -0.2) is 18.9 Å². The SMILES string of the molecule is CC(=O)C(CNCC1CC1)c1ccc(Cl)c(Cl)c1. The van der Waals surface area contributed by atoms with Gasteiger partial charge in [0, 0.05) is 6.54 Å². The number of hydrogen-bond acceptors (Lipinski definition) is 2. The first-order chi connectivity index (χ1) is 8.58. The molecule has 1 atom stereocenters. The highest BCUT2D eigenvalue weighted by Crippen LogP contribution is 2.29. The van der Waals surface area contributed by atoms with E-state index in [0.717, 1.165) is 18.0 Å². The van der Waals surface area contributed by atoms with Gasteiger partial charge in [0.05, 0.1) is 16.0 Å². The van der Waals surface area contributed by atoms with Crippen molar-refractivity contribution in [3.63, 3.8) is 0 Å². The number of carbonyl (C=O) groups excluding carboxylic acids is 1. The van der Waals surface area contributed by atoms with Gasteiger partial charge < -0.3 is 5.32 Å². The second kappa shape index (κ2) is 6.05. The highest BCUT2D eigenvalue weighted by molar-refractivity contribution is 6.42. The Morgan fingerprint density at radius 2 is 2.11 bits per heavy atom. The highest BCUT2D eigenvalue weighted by Gasteiger charge is 2.22. The van der Waals surface area contributed by atoms with Crippen molar-refractivity contribution < 1.29 is 4.79 Å². The first-order valence-electron chi connectivity index (χ1n) is 6.24. The van der Waals surface area contributed by atoms with Crippen molar-refractivity contribution in [1.82, 2.24) is 5.32 Å². The van der Waals surface area contributed by atoms with Crippen LogP contribution < -0.4 is 5.32 Å². The fraction of sp³-hybridized carbons (Fsp3) is 0.500. The Labute approximate surface area is 118 Å². The first kappa shape index (κ1) is 13.9. The van der Waals surface area contributed by atoms with Gasteiger partial charge in [-0.2, -0.15) is 0 Å². The molecule has 0 radical (unpaired) electrons. The summed E-state index contributed by atoms with van der Waals surface area (Å²) in [4.78, 5) is 11.7. The van der Waals surface area contributed by atoms with Gasteiger partial charge in [0.15, 0.2) is 0 Å². The number of rotatable bonds is 6. The molecule has 0 saturated heterocycles. The second-order valence-corrected chi connectivity index (χ2v) is 5.75. The zero-order valence-corrected chi connectivity index (χ0v) is 11.9. The van der Waals surface area contributed by atoms with Gasteiger partial charge in [0.2, 0.25) is 0 Å². The van der Waals surface area contributed by atoms with Gasteiger partial charge in [-0.05, 0) is 49.9 Å². The van der Waals surface area contributed by atoms with Crippen LogP contribution >= 0.6 is 23.2 Å². The van der Waals surface area contributed by atoms with E-state index in [1.54, 1.807) is 19.1 Å². The third kappa shape index (κ3) is 3.71. The topological polar surface area (TPSA) is 29.1 Å². The number of halogens is 2. The van der Waals surface area contributed by atoms with Crippen LogP contribution in [0.25, 0.3) is 0 Å². The monoisotopic (exact) mass is 285 g/mol. The second-order valence-electron chi connectivity index (χ2n) is 4.94. The molecule has 1 unspecified atom stereocenters. The van der Waals surface area contributed by atoms with Gasteiger partial charge in [-0.1, -0.05) is 29.3 Å². The fourth-order valence-corrected chi connectivity index (χ4v) is 2.29. The Hall–Kier alpha value is -0.570. The van der Waals surface area contributed by atoms with Crippen molar-refractivity contribution >= 4 is 29.0 Å². The molecule has 18 heavy (non-hydrogen) atoms. The predicted octanol–water partition coefficient (Wildman–Crippen LogP) is 3.67. The average Bonchev–Trinajstić information content (AvgIpc) is 3.12. The Kier molecular flexibility index (Phi) is 4.66. The van der Waals surface area contributed by atoms with E-state index < -0.39 is 0 Å². The number of ketones is 1. The summed E-state index contributed by atoms with van der Waals surface area (Å²) < 4.78 is 0. The average molecular weight is 286 g/mol. The largest absolute Gasteiger partial charge is 0.315 e. The van der Waals surface area contributed by atoms with Crippen LogP contribution in [0.5, 0.6) is 0 Å². The van der Waals surface area contributed by atoms with Crippen LogP contribution in [0, 0.1) is 5.92 Å². The van der Waals surface area contributed by atoms with Crippen molar-refractivity contribution in [2.24, 2.45) is 5.92 Å². The highest BCUT2D eigenvalue weighted by atomic mass is 35.5. The molecule has 1 saturated carbocycles. The summed E-state index contributed by atoms with van der Waals surface area (Å²) >= 11 is 11.9. The van der Waals surface area contributed by atoms with Gasteiger partial charge in [-0.15, -0.1) is 0 Å². The molecule has 1 aromatic rings. The summed E-state index contributed by atoms with van der Waals surface area (Å²) in [6.07, 6.45) is 2.62. The van der Waals surface area contributed by atoms with Crippen LogP contribution in [-0.2, 0) is 4.79 Å². The van der Waals surface area contributed by atoms with E-state index in [4.69, 9.17) is 23.2 Å². The Morgan fingerprint density at radius 1 is 1.39 bits per heavy atom. The van der Waals surface area contributed by atoms with Crippen molar-refractivity contribution in [1.29, 1.82) is 0 Å². The van der Waals surface area contributed by atoms with Gasteiger partial charge in [-0.25, -0.2) is 0 Å². The Morgan fingerprint density at radius 3 is 2.67 bits per heavy atom. The summed E-state index contributed by atoms with van der Waals surface area (Å²) in [7, 11) is 0. The smallest absolute Gasteiger partial charge is 0.138 e. The number of hydrogen-bond donors (Lipinski definition) is 1. The predicted molar refractivity (Wildman–Crippen MR) is 75.5 cm³/mol. The molecule has 0 spiro atoms. The zero-order valence-electron chi connectivity index (χ0n) is 10.4. The lowest BCUT2D eigenvalue weighted by Gasteiger charge is -2.15. The van der Waals surface area contributed by atoms with Crippen molar-refractivity contribution in [3.8, 4) is 0 Å². The van der Waals surface area contributed by atoms with Gasteiger partial charge in [-0.3, -0.25) is 4.79 Å². The number of Topliss-reactive ketones (excluding diaryl/α,β-unsaturated/α-hetero) is 1. The van der Waals surface area contributed by atoms with E-state index in [1.165, 1.54) is 12.8 Å². The lowest BCUT2D eigenvalue weighted by molar-refractivity contribution is -0.118.